The van der Waals surface area contributed by atoms with E-state index in [9.17, 15) is 4.79 Å². The number of amides is 1. The summed E-state index contributed by atoms with van der Waals surface area (Å²) >= 11 is 0. The van der Waals surface area contributed by atoms with Crippen LogP contribution in [0.2, 0.25) is 0 Å². The zero-order valence-electron chi connectivity index (χ0n) is 11.0. The lowest BCUT2D eigenvalue weighted by Gasteiger charge is -2.40. The van der Waals surface area contributed by atoms with E-state index >= 15 is 0 Å². The number of aromatic nitrogens is 2. The number of carbonyl (C=O) groups is 1. The van der Waals surface area contributed by atoms with Crippen LogP contribution < -0.4 is 5.32 Å². The molecule has 1 aliphatic carbocycles. The molecule has 0 bridgehead atoms. The number of benzene rings is 1. The van der Waals surface area contributed by atoms with Crippen LogP contribution in [0.5, 0.6) is 0 Å². The van der Waals surface area contributed by atoms with Gasteiger partial charge in [-0.15, -0.1) is 0 Å². The van der Waals surface area contributed by atoms with E-state index in [2.05, 4.69) is 10.4 Å². The Morgan fingerprint density at radius 2 is 2.00 bits per heavy atom. The predicted molar refractivity (Wildman–Crippen MR) is 73.8 cm³/mol. The quantitative estimate of drug-likeness (QED) is 0.916. The number of nitrogens with zero attached hydrogens (tertiary/aromatic N) is 2. The highest BCUT2D eigenvalue weighted by atomic mass is 16.2. The Morgan fingerprint density at radius 3 is 2.53 bits per heavy atom. The van der Waals surface area contributed by atoms with Gasteiger partial charge in [-0.1, -0.05) is 36.8 Å². The molecule has 3 rings (SSSR count). The highest BCUT2D eigenvalue weighted by Gasteiger charge is 2.45. The molecule has 1 heterocycles. The summed E-state index contributed by atoms with van der Waals surface area (Å²) in [6, 6.07) is 11.9. The van der Waals surface area contributed by atoms with Gasteiger partial charge in [0.25, 0.3) is 0 Å². The summed E-state index contributed by atoms with van der Waals surface area (Å²) in [6.07, 6.45) is 4.63. The van der Waals surface area contributed by atoms with E-state index < -0.39 is 0 Å². The molecule has 4 heteroatoms. The Kier molecular flexibility index (Phi) is 2.85. The Hall–Kier alpha value is -2.10. The summed E-state index contributed by atoms with van der Waals surface area (Å²) in [7, 11) is 1.82. The lowest BCUT2D eigenvalue weighted by atomic mass is 9.64. The maximum Gasteiger partial charge on any atom is 0.236 e. The van der Waals surface area contributed by atoms with Crippen LogP contribution in [-0.2, 0) is 17.3 Å². The minimum absolute atomic E-state index is 0.0774. The van der Waals surface area contributed by atoms with Gasteiger partial charge in [0, 0.05) is 13.1 Å². The van der Waals surface area contributed by atoms with Crippen molar-refractivity contribution in [1.82, 2.24) is 9.78 Å². The van der Waals surface area contributed by atoms with Crippen LogP contribution in [0.15, 0.2) is 42.6 Å². The van der Waals surface area contributed by atoms with Crippen LogP contribution in [0.1, 0.15) is 24.8 Å². The molecule has 0 radical (unpaired) electrons. The summed E-state index contributed by atoms with van der Waals surface area (Å²) in [4.78, 5) is 12.6. The standard InChI is InChI=1S/C15H17N3O/c1-18-13(8-11-16-18)17-14(19)15(9-5-10-15)12-6-3-2-4-7-12/h2-4,6-8,11H,5,9-10H2,1H3,(H,17,19). The lowest BCUT2D eigenvalue weighted by molar-refractivity contribution is -0.124. The van der Waals surface area contributed by atoms with E-state index in [-0.39, 0.29) is 11.3 Å². The van der Waals surface area contributed by atoms with Gasteiger partial charge >= 0.3 is 0 Å². The van der Waals surface area contributed by atoms with Gasteiger partial charge in [0.15, 0.2) is 0 Å². The number of carbonyl (C=O) groups excluding carboxylic acids is 1. The minimum atomic E-state index is -0.356. The largest absolute Gasteiger partial charge is 0.310 e. The molecule has 1 amide bonds. The van der Waals surface area contributed by atoms with Gasteiger partial charge in [-0.05, 0) is 18.4 Å². The molecule has 19 heavy (non-hydrogen) atoms. The fourth-order valence-electron chi connectivity index (χ4n) is 2.67. The SMILES string of the molecule is Cn1nccc1NC(=O)C1(c2ccccc2)CCC1. The second-order valence-corrected chi connectivity index (χ2v) is 5.10. The predicted octanol–water partition coefficient (Wildman–Crippen LogP) is 2.48. The van der Waals surface area contributed by atoms with E-state index in [1.165, 1.54) is 0 Å². The molecule has 1 saturated carbocycles. The lowest BCUT2D eigenvalue weighted by Crippen LogP contribution is -2.46. The van der Waals surface area contributed by atoms with Crippen molar-refractivity contribution in [2.24, 2.45) is 7.05 Å². The second kappa shape index (κ2) is 4.53. The molecule has 0 spiro atoms. The summed E-state index contributed by atoms with van der Waals surface area (Å²) in [5, 5.41) is 7.06. The molecule has 1 aromatic carbocycles. The topological polar surface area (TPSA) is 46.9 Å². The molecule has 0 aliphatic heterocycles. The van der Waals surface area contributed by atoms with Crippen LogP contribution >= 0.6 is 0 Å². The van der Waals surface area contributed by atoms with Crippen molar-refractivity contribution < 1.29 is 4.79 Å². The Labute approximate surface area is 112 Å². The minimum Gasteiger partial charge on any atom is -0.310 e. The average Bonchev–Trinajstić information content (AvgIpc) is 2.75. The third-order valence-electron chi connectivity index (χ3n) is 4.03. The molecule has 1 aromatic heterocycles. The molecule has 98 valence electrons. The van der Waals surface area contributed by atoms with E-state index in [4.69, 9.17) is 0 Å². The number of aryl methyl sites for hydroxylation is 1. The van der Waals surface area contributed by atoms with Crippen molar-refractivity contribution in [2.45, 2.75) is 24.7 Å². The van der Waals surface area contributed by atoms with Crippen molar-refractivity contribution in [1.29, 1.82) is 0 Å². The first-order valence-corrected chi connectivity index (χ1v) is 6.57. The summed E-state index contributed by atoms with van der Waals surface area (Å²) in [5.41, 5.74) is 0.756. The molecular weight excluding hydrogens is 238 g/mol. The summed E-state index contributed by atoms with van der Waals surface area (Å²) in [6.45, 7) is 0. The second-order valence-electron chi connectivity index (χ2n) is 5.10. The zero-order chi connectivity index (χ0) is 13.3. The highest BCUT2D eigenvalue weighted by molar-refractivity contribution is 5.99. The van der Waals surface area contributed by atoms with Crippen molar-refractivity contribution in [2.75, 3.05) is 5.32 Å². The van der Waals surface area contributed by atoms with Gasteiger partial charge in [-0.3, -0.25) is 9.48 Å². The van der Waals surface area contributed by atoms with E-state index in [0.717, 1.165) is 30.6 Å². The first-order valence-electron chi connectivity index (χ1n) is 6.57. The van der Waals surface area contributed by atoms with Gasteiger partial charge in [-0.2, -0.15) is 5.10 Å². The first-order chi connectivity index (χ1) is 9.22. The molecule has 2 aromatic rings. The highest BCUT2D eigenvalue weighted by Crippen LogP contribution is 2.44. The van der Waals surface area contributed by atoms with Crippen molar-refractivity contribution in [3.05, 3.63) is 48.2 Å². The molecule has 4 nitrogen and oxygen atoms in total. The summed E-state index contributed by atoms with van der Waals surface area (Å²) < 4.78 is 1.68. The molecule has 0 unspecified atom stereocenters. The van der Waals surface area contributed by atoms with Crippen molar-refractivity contribution >= 4 is 11.7 Å². The Morgan fingerprint density at radius 1 is 1.26 bits per heavy atom. The molecule has 1 aliphatic rings. The summed E-state index contributed by atoms with van der Waals surface area (Å²) in [5.74, 6) is 0.820. The van der Waals surface area contributed by atoms with Crippen molar-refractivity contribution in [3.8, 4) is 0 Å². The number of hydrogen-bond acceptors (Lipinski definition) is 2. The van der Waals surface area contributed by atoms with Crippen LogP contribution in [-0.4, -0.2) is 15.7 Å². The smallest absolute Gasteiger partial charge is 0.236 e. The zero-order valence-corrected chi connectivity index (χ0v) is 11.0. The van der Waals surface area contributed by atoms with Crippen LogP contribution in [0.4, 0.5) is 5.82 Å². The third-order valence-corrected chi connectivity index (χ3v) is 4.03. The van der Waals surface area contributed by atoms with Gasteiger partial charge in [0.1, 0.15) is 5.82 Å². The molecular formula is C15H17N3O. The molecule has 1 fully saturated rings. The maximum atomic E-state index is 12.6. The Bertz CT molecular complexity index is 584. The van der Waals surface area contributed by atoms with Gasteiger partial charge in [0.05, 0.1) is 11.6 Å². The number of rotatable bonds is 3. The van der Waals surface area contributed by atoms with Gasteiger partial charge in [-0.25, -0.2) is 0 Å². The monoisotopic (exact) mass is 255 g/mol. The third kappa shape index (κ3) is 1.93. The van der Waals surface area contributed by atoms with E-state index in [1.807, 2.05) is 43.4 Å². The molecule has 0 saturated heterocycles. The maximum absolute atomic E-state index is 12.6. The number of nitrogens with one attached hydrogen (secondary N) is 1. The van der Waals surface area contributed by atoms with Crippen LogP contribution in [0.25, 0.3) is 0 Å². The number of hydrogen-bond donors (Lipinski definition) is 1. The fraction of sp³-hybridized carbons (Fsp3) is 0.333. The number of anilines is 1. The van der Waals surface area contributed by atoms with Crippen LogP contribution in [0.3, 0.4) is 0 Å². The van der Waals surface area contributed by atoms with Gasteiger partial charge < -0.3 is 5.32 Å². The van der Waals surface area contributed by atoms with Crippen molar-refractivity contribution in [3.63, 3.8) is 0 Å². The average molecular weight is 255 g/mol. The van der Waals surface area contributed by atoms with Crippen LogP contribution in [0, 0.1) is 0 Å². The van der Waals surface area contributed by atoms with Gasteiger partial charge in [0.2, 0.25) is 5.91 Å². The van der Waals surface area contributed by atoms with E-state index in [0.29, 0.717) is 0 Å². The van der Waals surface area contributed by atoms with E-state index in [1.54, 1.807) is 10.9 Å². The molecule has 1 N–H and O–H groups in total. The first kappa shape index (κ1) is 12.0. The Balaban J connectivity index is 1.87. The fourth-order valence-corrected chi connectivity index (χ4v) is 2.67. The normalized spacial score (nSPS) is 16.7. The molecule has 0 atom stereocenters.